The molecule has 1 aromatic heterocycles. The lowest BCUT2D eigenvalue weighted by molar-refractivity contribution is 0.257. The van der Waals surface area contributed by atoms with Gasteiger partial charge in [-0.15, -0.1) is 0 Å². The summed E-state index contributed by atoms with van der Waals surface area (Å²) >= 11 is 0. The van der Waals surface area contributed by atoms with Crippen molar-refractivity contribution in [3.05, 3.63) is 35.9 Å². The molecule has 114 valence electrons. The highest BCUT2D eigenvalue weighted by atomic mass is 16.5. The zero-order valence-corrected chi connectivity index (χ0v) is 12.5. The number of benzene rings is 1. The molecule has 0 spiro atoms. The third kappa shape index (κ3) is 3.46. The van der Waals surface area contributed by atoms with Crippen LogP contribution >= 0.6 is 0 Å². The first-order valence-electron chi connectivity index (χ1n) is 6.66. The molecule has 0 aliphatic carbocycles. The van der Waals surface area contributed by atoms with E-state index in [1.54, 1.807) is 32.5 Å². The third-order valence-electron chi connectivity index (χ3n) is 3.21. The molecule has 0 saturated heterocycles. The van der Waals surface area contributed by atoms with Crippen LogP contribution in [0.15, 0.2) is 24.5 Å². The number of nitrogens with zero attached hydrogens (tertiary/aromatic N) is 2. The summed E-state index contributed by atoms with van der Waals surface area (Å²) in [5.41, 5.74) is 0.710. The highest BCUT2D eigenvalue weighted by molar-refractivity contribution is 5.53. The van der Waals surface area contributed by atoms with Crippen LogP contribution in [0, 0.1) is 6.92 Å². The van der Waals surface area contributed by atoms with Gasteiger partial charge in [-0.05, 0) is 24.6 Å². The fraction of sp³-hybridized carbons (Fsp3) is 0.400. The van der Waals surface area contributed by atoms with Gasteiger partial charge in [0.1, 0.15) is 12.4 Å². The predicted octanol–water partition coefficient (Wildman–Crippen LogP) is 1.78. The molecular formula is C15H20N2O4. The Morgan fingerprint density at radius 1 is 1.19 bits per heavy atom. The van der Waals surface area contributed by atoms with Crippen LogP contribution in [0.1, 0.15) is 11.4 Å². The van der Waals surface area contributed by atoms with Crippen molar-refractivity contribution in [2.45, 2.75) is 20.1 Å². The third-order valence-corrected chi connectivity index (χ3v) is 3.21. The lowest BCUT2D eigenvalue weighted by atomic mass is 10.2. The maximum absolute atomic E-state index is 9.24. The molecule has 0 aliphatic heterocycles. The van der Waals surface area contributed by atoms with E-state index in [1.807, 2.05) is 17.7 Å². The number of methoxy groups -OCH3 is 2. The molecule has 0 unspecified atom stereocenters. The molecule has 21 heavy (non-hydrogen) atoms. The molecule has 0 amide bonds. The van der Waals surface area contributed by atoms with E-state index < -0.39 is 0 Å². The van der Waals surface area contributed by atoms with Crippen molar-refractivity contribution in [3.63, 3.8) is 0 Å². The number of aliphatic hydroxyl groups excluding tert-OH is 1. The Hall–Kier alpha value is -2.21. The molecule has 2 rings (SSSR count). The molecule has 0 radical (unpaired) electrons. The minimum absolute atomic E-state index is 0.0821. The number of rotatable bonds is 7. The summed E-state index contributed by atoms with van der Waals surface area (Å²) in [6, 6.07) is 3.47. The lowest BCUT2D eigenvalue weighted by Crippen LogP contribution is -2.10. The maximum atomic E-state index is 9.24. The molecule has 0 aliphatic rings. The summed E-state index contributed by atoms with van der Waals surface area (Å²) < 4.78 is 18.4. The molecule has 0 saturated carbocycles. The average molecular weight is 292 g/mol. The van der Waals surface area contributed by atoms with E-state index in [0.29, 0.717) is 36.0 Å². The van der Waals surface area contributed by atoms with Crippen LogP contribution in [-0.4, -0.2) is 35.5 Å². The first-order chi connectivity index (χ1) is 10.2. The van der Waals surface area contributed by atoms with Crippen LogP contribution in [0.4, 0.5) is 0 Å². The van der Waals surface area contributed by atoms with Crippen LogP contribution in [0.25, 0.3) is 0 Å². The van der Waals surface area contributed by atoms with Gasteiger partial charge in [0.15, 0.2) is 11.5 Å². The predicted molar refractivity (Wildman–Crippen MR) is 77.9 cm³/mol. The molecule has 1 aromatic carbocycles. The normalized spacial score (nSPS) is 10.5. The van der Waals surface area contributed by atoms with Crippen molar-refractivity contribution in [1.82, 2.24) is 9.55 Å². The minimum Gasteiger partial charge on any atom is -0.493 e. The first kappa shape index (κ1) is 15.2. The lowest BCUT2D eigenvalue weighted by Gasteiger charge is -2.16. The van der Waals surface area contributed by atoms with Gasteiger partial charge in [-0.3, -0.25) is 0 Å². The van der Waals surface area contributed by atoms with Gasteiger partial charge in [0, 0.05) is 12.4 Å². The minimum atomic E-state index is -0.0821. The van der Waals surface area contributed by atoms with Crippen LogP contribution in [0.5, 0.6) is 17.2 Å². The van der Waals surface area contributed by atoms with E-state index >= 15 is 0 Å². The smallest absolute Gasteiger partial charge is 0.203 e. The fourth-order valence-electron chi connectivity index (χ4n) is 2.05. The van der Waals surface area contributed by atoms with E-state index in [4.69, 9.17) is 14.2 Å². The number of hydrogen-bond acceptors (Lipinski definition) is 5. The molecule has 6 heteroatoms. The zero-order chi connectivity index (χ0) is 15.2. The standard InChI is InChI=1S/C15H20N2O4/c1-11-16-4-5-17(11)6-7-21-15-13(19-2)8-12(10-18)9-14(15)20-3/h4-5,8-9,18H,6-7,10H2,1-3H3. The van der Waals surface area contributed by atoms with Gasteiger partial charge >= 0.3 is 0 Å². The largest absolute Gasteiger partial charge is 0.493 e. The Morgan fingerprint density at radius 3 is 2.33 bits per heavy atom. The van der Waals surface area contributed by atoms with Crippen molar-refractivity contribution in [2.24, 2.45) is 0 Å². The Kier molecular flexibility index (Phi) is 5.05. The average Bonchev–Trinajstić information content (AvgIpc) is 2.92. The molecular weight excluding hydrogens is 272 g/mol. The number of aryl methyl sites for hydroxylation is 1. The first-order valence-corrected chi connectivity index (χ1v) is 6.66. The second-order valence-electron chi connectivity index (χ2n) is 4.50. The van der Waals surface area contributed by atoms with Crippen molar-refractivity contribution < 1.29 is 19.3 Å². The quantitative estimate of drug-likeness (QED) is 0.842. The number of hydrogen-bond donors (Lipinski definition) is 1. The highest BCUT2D eigenvalue weighted by Crippen LogP contribution is 2.38. The second-order valence-corrected chi connectivity index (χ2v) is 4.50. The Labute approximate surface area is 123 Å². The molecule has 0 fully saturated rings. The van der Waals surface area contributed by atoms with Crippen molar-refractivity contribution >= 4 is 0 Å². The number of aromatic nitrogens is 2. The molecule has 6 nitrogen and oxygen atoms in total. The molecule has 2 aromatic rings. The molecule has 0 bridgehead atoms. The number of aliphatic hydroxyl groups is 1. The van der Waals surface area contributed by atoms with E-state index in [1.165, 1.54) is 0 Å². The van der Waals surface area contributed by atoms with Gasteiger partial charge in [-0.2, -0.15) is 0 Å². The summed E-state index contributed by atoms with van der Waals surface area (Å²) in [4.78, 5) is 4.16. The highest BCUT2D eigenvalue weighted by Gasteiger charge is 2.14. The van der Waals surface area contributed by atoms with E-state index in [-0.39, 0.29) is 6.61 Å². The molecule has 1 heterocycles. The molecule has 1 N–H and O–H groups in total. The van der Waals surface area contributed by atoms with Crippen molar-refractivity contribution in [2.75, 3.05) is 20.8 Å². The zero-order valence-electron chi connectivity index (χ0n) is 12.5. The van der Waals surface area contributed by atoms with Crippen LogP contribution < -0.4 is 14.2 Å². The summed E-state index contributed by atoms with van der Waals surface area (Å²) in [7, 11) is 3.12. The number of ether oxygens (including phenoxy) is 3. The van der Waals surface area contributed by atoms with Gasteiger partial charge in [-0.1, -0.05) is 0 Å². The van der Waals surface area contributed by atoms with E-state index in [9.17, 15) is 5.11 Å². The van der Waals surface area contributed by atoms with Gasteiger partial charge in [0.2, 0.25) is 5.75 Å². The maximum Gasteiger partial charge on any atom is 0.203 e. The number of imidazole rings is 1. The van der Waals surface area contributed by atoms with Gasteiger partial charge < -0.3 is 23.9 Å². The van der Waals surface area contributed by atoms with Crippen molar-refractivity contribution in [3.8, 4) is 17.2 Å². The molecule has 0 atom stereocenters. The summed E-state index contributed by atoms with van der Waals surface area (Å²) in [5, 5.41) is 9.24. The topological polar surface area (TPSA) is 65.7 Å². The Bertz CT molecular complexity index is 570. The van der Waals surface area contributed by atoms with Crippen LogP contribution in [0.3, 0.4) is 0 Å². The van der Waals surface area contributed by atoms with E-state index in [0.717, 1.165) is 5.82 Å². The summed E-state index contributed by atoms with van der Waals surface area (Å²) in [6.45, 7) is 3.00. The van der Waals surface area contributed by atoms with Gasteiger partial charge in [0.05, 0.1) is 27.4 Å². The Morgan fingerprint density at radius 2 is 1.86 bits per heavy atom. The summed E-state index contributed by atoms with van der Waals surface area (Å²) in [6.07, 6.45) is 3.66. The van der Waals surface area contributed by atoms with Gasteiger partial charge in [-0.25, -0.2) is 4.98 Å². The van der Waals surface area contributed by atoms with Crippen LogP contribution in [-0.2, 0) is 13.2 Å². The fourth-order valence-corrected chi connectivity index (χ4v) is 2.05. The van der Waals surface area contributed by atoms with Crippen LogP contribution in [0.2, 0.25) is 0 Å². The van der Waals surface area contributed by atoms with E-state index in [2.05, 4.69) is 4.98 Å². The van der Waals surface area contributed by atoms with Crippen molar-refractivity contribution in [1.29, 1.82) is 0 Å². The Balaban J connectivity index is 2.13. The monoisotopic (exact) mass is 292 g/mol. The second kappa shape index (κ2) is 6.99. The van der Waals surface area contributed by atoms with Gasteiger partial charge in [0.25, 0.3) is 0 Å². The summed E-state index contributed by atoms with van der Waals surface area (Å²) in [5.74, 6) is 2.56. The SMILES string of the molecule is COc1cc(CO)cc(OC)c1OCCn1ccnc1C.